The number of hydrogen-bond donors (Lipinski definition) is 1. The molecule has 28 heavy (non-hydrogen) atoms. The van der Waals surface area contributed by atoms with E-state index in [4.69, 9.17) is 5.73 Å². The van der Waals surface area contributed by atoms with E-state index in [1.165, 1.54) is 0 Å². The fourth-order valence-electron chi connectivity index (χ4n) is 3.92. The maximum Gasteiger partial charge on any atom is 0.244 e. The Morgan fingerprint density at radius 1 is 1.04 bits per heavy atom. The second-order valence-corrected chi connectivity index (χ2v) is 6.88. The molecule has 2 N–H and O–H groups in total. The van der Waals surface area contributed by atoms with Crippen molar-refractivity contribution in [2.24, 2.45) is 5.73 Å². The Bertz CT molecular complexity index is 1090. The second-order valence-electron chi connectivity index (χ2n) is 6.88. The molecule has 0 bridgehead atoms. The third kappa shape index (κ3) is 3.30. The van der Waals surface area contributed by atoms with Crippen LogP contribution in [0.15, 0.2) is 78.5 Å². The van der Waals surface area contributed by atoms with Gasteiger partial charge >= 0.3 is 0 Å². The molecule has 2 aromatic carbocycles. The fourth-order valence-corrected chi connectivity index (χ4v) is 3.92. The van der Waals surface area contributed by atoms with Gasteiger partial charge in [0, 0.05) is 23.3 Å². The zero-order valence-corrected chi connectivity index (χ0v) is 15.3. The Labute approximate surface area is 164 Å². The number of amides is 1. The van der Waals surface area contributed by atoms with Crippen LogP contribution in [0.5, 0.6) is 0 Å². The predicted molar refractivity (Wildman–Crippen MR) is 109 cm³/mol. The van der Waals surface area contributed by atoms with Gasteiger partial charge < -0.3 is 5.73 Å². The molecule has 0 radical (unpaired) electrons. The van der Waals surface area contributed by atoms with Gasteiger partial charge in [-0.15, -0.1) is 0 Å². The molecule has 0 saturated heterocycles. The monoisotopic (exact) mass is 365 g/mol. The van der Waals surface area contributed by atoms with Gasteiger partial charge in [0.15, 0.2) is 0 Å². The predicted octanol–water partition coefficient (Wildman–Crippen LogP) is 4.44. The van der Waals surface area contributed by atoms with E-state index in [1.54, 1.807) is 12.3 Å². The smallest absolute Gasteiger partial charge is 0.244 e. The molecule has 3 aromatic rings. The van der Waals surface area contributed by atoms with Crippen LogP contribution < -0.4 is 5.73 Å². The van der Waals surface area contributed by atoms with Crippen LogP contribution in [0.4, 0.5) is 0 Å². The third-order valence-corrected chi connectivity index (χ3v) is 5.23. The summed E-state index contributed by atoms with van der Waals surface area (Å²) in [4.78, 5) is 16.4. The molecule has 1 aliphatic rings. The summed E-state index contributed by atoms with van der Waals surface area (Å²) in [5.74, 6) is -0.306. The van der Waals surface area contributed by atoms with E-state index in [1.807, 2.05) is 36.4 Å². The van der Waals surface area contributed by atoms with Crippen molar-refractivity contribution in [2.45, 2.75) is 18.8 Å². The van der Waals surface area contributed by atoms with E-state index in [-0.39, 0.29) is 11.8 Å². The zero-order valence-electron chi connectivity index (χ0n) is 15.3. The van der Waals surface area contributed by atoms with Crippen LogP contribution in [0.25, 0.3) is 16.8 Å². The van der Waals surface area contributed by atoms with Crippen LogP contribution in [0.2, 0.25) is 0 Å². The summed E-state index contributed by atoms with van der Waals surface area (Å²) in [7, 11) is 0. The number of primary amides is 1. The number of hydrogen-bond acceptors (Lipinski definition) is 3. The molecule has 136 valence electrons. The van der Waals surface area contributed by atoms with E-state index >= 15 is 0 Å². The number of nitrogens with two attached hydrogens (primary N) is 1. The first-order chi connectivity index (χ1) is 13.7. The van der Waals surface area contributed by atoms with Crippen molar-refractivity contribution in [3.05, 3.63) is 95.2 Å². The largest absolute Gasteiger partial charge is 0.366 e. The first-order valence-electron chi connectivity index (χ1n) is 9.22. The van der Waals surface area contributed by atoms with Gasteiger partial charge in [0.05, 0.1) is 17.3 Å². The van der Waals surface area contributed by atoms with Gasteiger partial charge in [-0.3, -0.25) is 9.78 Å². The lowest BCUT2D eigenvalue weighted by molar-refractivity contribution is -0.114. The summed E-state index contributed by atoms with van der Waals surface area (Å²) in [6.45, 7) is 0. The lowest BCUT2D eigenvalue weighted by atomic mass is 9.86. The number of carbonyl (C=O) groups excluding carboxylic acids is 1. The number of nitriles is 1. The molecule has 0 spiro atoms. The van der Waals surface area contributed by atoms with Gasteiger partial charge in [-0.05, 0) is 53.8 Å². The lowest BCUT2D eigenvalue weighted by Crippen LogP contribution is -2.14. The summed E-state index contributed by atoms with van der Waals surface area (Å²) in [5, 5.41) is 9.24. The number of rotatable bonds is 4. The van der Waals surface area contributed by atoms with E-state index in [9.17, 15) is 10.1 Å². The van der Waals surface area contributed by atoms with Crippen LogP contribution >= 0.6 is 0 Å². The standard InChI is InChI=1S/C24H19N3O/c25-15-16-4-3-5-19(14-16)23-20(11-12-21(23)24(26)28)17-7-9-18(10-8-17)22-6-1-2-13-27-22/h1-10,13-14,20H,11-12H2,(H2,26,28). The van der Waals surface area contributed by atoms with Crippen LogP contribution in [0.3, 0.4) is 0 Å². The Balaban J connectivity index is 1.74. The molecule has 1 atom stereocenters. The summed E-state index contributed by atoms with van der Waals surface area (Å²) >= 11 is 0. The normalized spacial score (nSPS) is 16.0. The van der Waals surface area contributed by atoms with Gasteiger partial charge in [-0.1, -0.05) is 42.5 Å². The van der Waals surface area contributed by atoms with Crippen molar-refractivity contribution in [1.82, 2.24) is 4.98 Å². The molecule has 4 heteroatoms. The maximum absolute atomic E-state index is 12.0. The molecule has 4 nitrogen and oxygen atoms in total. The topological polar surface area (TPSA) is 79.8 Å². The quantitative estimate of drug-likeness (QED) is 0.742. The summed E-state index contributed by atoms with van der Waals surface area (Å²) in [6, 6.07) is 23.7. The second kappa shape index (κ2) is 7.50. The van der Waals surface area contributed by atoms with Crippen molar-refractivity contribution in [3.8, 4) is 17.3 Å². The molecule has 1 heterocycles. The van der Waals surface area contributed by atoms with Crippen LogP contribution in [0.1, 0.15) is 35.4 Å². The number of pyridine rings is 1. The Kier molecular flexibility index (Phi) is 4.74. The Morgan fingerprint density at radius 2 is 1.86 bits per heavy atom. The number of benzene rings is 2. The molecular weight excluding hydrogens is 346 g/mol. The zero-order chi connectivity index (χ0) is 19.5. The van der Waals surface area contributed by atoms with Crippen molar-refractivity contribution >= 4 is 11.5 Å². The van der Waals surface area contributed by atoms with Crippen LogP contribution in [0, 0.1) is 11.3 Å². The first-order valence-corrected chi connectivity index (χ1v) is 9.22. The van der Waals surface area contributed by atoms with Crippen LogP contribution in [-0.2, 0) is 4.79 Å². The molecule has 1 amide bonds. The maximum atomic E-state index is 12.0. The van der Waals surface area contributed by atoms with Gasteiger partial charge in [-0.2, -0.15) is 5.26 Å². The molecule has 0 saturated carbocycles. The Morgan fingerprint density at radius 3 is 2.54 bits per heavy atom. The van der Waals surface area contributed by atoms with Gasteiger partial charge in [0.1, 0.15) is 0 Å². The van der Waals surface area contributed by atoms with Gasteiger partial charge in [0.25, 0.3) is 0 Å². The van der Waals surface area contributed by atoms with Gasteiger partial charge in [0.2, 0.25) is 5.91 Å². The number of carbonyl (C=O) groups is 1. The molecule has 0 aliphatic heterocycles. The highest BCUT2D eigenvalue weighted by molar-refractivity contribution is 6.02. The van der Waals surface area contributed by atoms with Crippen molar-refractivity contribution in [3.63, 3.8) is 0 Å². The molecule has 0 fully saturated rings. The highest BCUT2D eigenvalue weighted by atomic mass is 16.1. The SMILES string of the molecule is N#Cc1cccc(C2=C(C(N)=O)CCC2c2ccc(-c3ccccn3)cc2)c1. The van der Waals surface area contributed by atoms with E-state index in [0.29, 0.717) is 17.6 Å². The molecule has 1 aliphatic carbocycles. The van der Waals surface area contributed by atoms with Crippen LogP contribution in [-0.4, -0.2) is 10.9 Å². The van der Waals surface area contributed by atoms with E-state index in [2.05, 4.69) is 35.3 Å². The van der Waals surface area contributed by atoms with Gasteiger partial charge in [-0.25, -0.2) is 0 Å². The van der Waals surface area contributed by atoms with E-state index in [0.717, 1.165) is 34.4 Å². The molecule has 1 aromatic heterocycles. The minimum absolute atomic E-state index is 0.0780. The van der Waals surface area contributed by atoms with Crippen molar-refractivity contribution < 1.29 is 4.79 Å². The summed E-state index contributed by atoms with van der Waals surface area (Å²) in [5.41, 5.74) is 11.8. The molecule has 1 unspecified atom stereocenters. The molecule has 4 rings (SSSR count). The average molecular weight is 365 g/mol. The number of allylic oxidation sites excluding steroid dienone is 1. The summed E-state index contributed by atoms with van der Waals surface area (Å²) in [6.07, 6.45) is 3.25. The highest BCUT2D eigenvalue weighted by Crippen LogP contribution is 2.45. The minimum atomic E-state index is -0.384. The molecular formula is C24H19N3O. The number of aromatic nitrogens is 1. The van der Waals surface area contributed by atoms with Crippen molar-refractivity contribution in [2.75, 3.05) is 0 Å². The number of nitrogens with zero attached hydrogens (tertiary/aromatic N) is 2. The van der Waals surface area contributed by atoms with E-state index < -0.39 is 0 Å². The average Bonchev–Trinajstić information content (AvgIpc) is 3.20. The fraction of sp³-hybridized carbons (Fsp3) is 0.125. The lowest BCUT2D eigenvalue weighted by Gasteiger charge is -2.17. The Hall–Kier alpha value is -3.71. The highest BCUT2D eigenvalue weighted by Gasteiger charge is 2.30. The first kappa shape index (κ1) is 17.7. The third-order valence-electron chi connectivity index (χ3n) is 5.23. The minimum Gasteiger partial charge on any atom is -0.366 e. The van der Waals surface area contributed by atoms with Crippen molar-refractivity contribution in [1.29, 1.82) is 5.26 Å². The summed E-state index contributed by atoms with van der Waals surface area (Å²) < 4.78 is 0.